The van der Waals surface area contributed by atoms with E-state index in [-0.39, 0.29) is 5.82 Å². The van der Waals surface area contributed by atoms with Crippen LogP contribution in [-0.2, 0) is 0 Å². The van der Waals surface area contributed by atoms with Crippen LogP contribution in [0.5, 0.6) is 0 Å². The average Bonchev–Trinajstić information content (AvgIpc) is 2.44. The lowest BCUT2D eigenvalue weighted by Crippen LogP contribution is -2.37. The Labute approximate surface area is 137 Å². The largest absolute Gasteiger partial charge is 0.361 e. The molecule has 0 aliphatic carbocycles. The Morgan fingerprint density at radius 3 is 2.90 bits per heavy atom. The third-order valence-corrected chi connectivity index (χ3v) is 4.28. The molecule has 110 valence electrons. The van der Waals surface area contributed by atoms with Crippen LogP contribution < -0.4 is 0 Å². The van der Waals surface area contributed by atoms with E-state index in [4.69, 9.17) is 0 Å². The molecule has 1 aromatic carbocycles. The van der Waals surface area contributed by atoms with Gasteiger partial charge in [-0.15, -0.1) is 0 Å². The fourth-order valence-corrected chi connectivity index (χ4v) is 2.97. The van der Waals surface area contributed by atoms with Crippen molar-refractivity contribution in [1.82, 2.24) is 9.80 Å². The fraction of sp³-hybridized carbons (Fsp3) is 0.333. The fourth-order valence-electron chi connectivity index (χ4n) is 2.51. The van der Waals surface area contributed by atoms with Gasteiger partial charge in [-0.05, 0) is 40.8 Å². The third-order valence-electron chi connectivity index (χ3n) is 3.61. The predicted molar refractivity (Wildman–Crippen MR) is 91.6 cm³/mol. The topological polar surface area (TPSA) is 31.2 Å². The maximum Gasteiger partial charge on any atom is 0.149 e. The maximum atomic E-state index is 14.0. The van der Waals surface area contributed by atoms with Crippen LogP contribution in [-0.4, -0.2) is 49.0 Å². The molecule has 0 unspecified atom stereocenters. The molecule has 2 aliphatic heterocycles. The SMILES string of the molecule is CN1C=NC2=C(C1)C(=Nc1ccc(I)cc1F)CCN2C. The monoisotopic (exact) mass is 398 g/mol. The molecule has 0 radical (unpaired) electrons. The molecule has 0 amide bonds. The Bertz CT molecular complexity index is 666. The summed E-state index contributed by atoms with van der Waals surface area (Å²) in [4.78, 5) is 13.2. The van der Waals surface area contributed by atoms with Crippen LogP contribution in [0.2, 0.25) is 0 Å². The first-order chi connectivity index (χ1) is 10.0. The summed E-state index contributed by atoms with van der Waals surface area (Å²) >= 11 is 2.10. The average molecular weight is 398 g/mol. The van der Waals surface area contributed by atoms with Gasteiger partial charge in [-0.1, -0.05) is 0 Å². The highest BCUT2D eigenvalue weighted by molar-refractivity contribution is 14.1. The molecule has 0 bridgehead atoms. The van der Waals surface area contributed by atoms with Gasteiger partial charge in [-0.2, -0.15) is 0 Å². The first kappa shape index (κ1) is 14.5. The Kier molecular flexibility index (Phi) is 3.97. The summed E-state index contributed by atoms with van der Waals surface area (Å²) in [6.45, 7) is 1.61. The normalized spacial score (nSPS) is 20.3. The van der Waals surface area contributed by atoms with Crippen LogP contribution in [0.15, 0.2) is 39.6 Å². The number of aliphatic imine (C=N–C) groups is 2. The van der Waals surface area contributed by atoms with Gasteiger partial charge in [0.05, 0.1) is 17.7 Å². The molecule has 0 saturated heterocycles. The molecule has 4 nitrogen and oxygen atoms in total. The second-order valence-corrected chi connectivity index (χ2v) is 6.53. The van der Waals surface area contributed by atoms with Gasteiger partial charge in [0.1, 0.15) is 11.6 Å². The van der Waals surface area contributed by atoms with Gasteiger partial charge in [0.25, 0.3) is 0 Å². The highest BCUT2D eigenvalue weighted by atomic mass is 127. The van der Waals surface area contributed by atoms with Crippen LogP contribution in [0, 0.1) is 9.39 Å². The number of likely N-dealkylation sites (N-methyl/N-ethyl adjacent to an activating group) is 1. The zero-order valence-corrected chi connectivity index (χ0v) is 14.1. The van der Waals surface area contributed by atoms with Gasteiger partial charge in [-0.25, -0.2) is 14.4 Å². The molecular weight excluding hydrogens is 382 g/mol. The van der Waals surface area contributed by atoms with Crippen molar-refractivity contribution in [3.63, 3.8) is 0 Å². The molecule has 0 saturated carbocycles. The minimum atomic E-state index is -0.275. The summed E-state index contributed by atoms with van der Waals surface area (Å²) in [6.07, 6.45) is 2.63. The van der Waals surface area contributed by atoms with E-state index in [0.29, 0.717) is 5.69 Å². The first-order valence-corrected chi connectivity index (χ1v) is 7.84. The smallest absolute Gasteiger partial charge is 0.149 e. The van der Waals surface area contributed by atoms with E-state index < -0.39 is 0 Å². The summed E-state index contributed by atoms with van der Waals surface area (Å²) in [5, 5.41) is 0. The number of hydrogen-bond acceptors (Lipinski definition) is 4. The molecule has 21 heavy (non-hydrogen) atoms. The second-order valence-electron chi connectivity index (χ2n) is 5.29. The summed E-state index contributed by atoms with van der Waals surface area (Å²) in [5.41, 5.74) is 2.43. The lowest BCUT2D eigenvalue weighted by molar-refractivity contribution is 0.396. The highest BCUT2D eigenvalue weighted by Gasteiger charge is 2.25. The first-order valence-electron chi connectivity index (χ1n) is 6.76. The summed E-state index contributed by atoms with van der Waals surface area (Å²) in [6, 6.07) is 5.12. The molecule has 6 heteroatoms. The minimum absolute atomic E-state index is 0.275. The van der Waals surface area contributed by atoms with Gasteiger partial charge in [0, 0.05) is 42.7 Å². The van der Waals surface area contributed by atoms with E-state index in [1.807, 2.05) is 31.4 Å². The maximum absolute atomic E-state index is 14.0. The van der Waals surface area contributed by atoms with E-state index in [0.717, 1.165) is 40.2 Å². The number of halogens is 2. The van der Waals surface area contributed by atoms with Gasteiger partial charge in [0.15, 0.2) is 0 Å². The van der Waals surface area contributed by atoms with Crippen molar-refractivity contribution in [1.29, 1.82) is 0 Å². The summed E-state index contributed by atoms with van der Waals surface area (Å²) in [5.74, 6) is 0.673. The lowest BCUT2D eigenvalue weighted by atomic mass is 10.0. The van der Waals surface area contributed by atoms with E-state index in [1.54, 1.807) is 6.07 Å². The molecule has 0 atom stereocenters. The Hall–Kier alpha value is -1.44. The van der Waals surface area contributed by atoms with Crippen molar-refractivity contribution in [2.45, 2.75) is 6.42 Å². The summed E-state index contributed by atoms with van der Waals surface area (Å²) < 4.78 is 14.9. The zero-order valence-electron chi connectivity index (χ0n) is 12.0. The van der Waals surface area contributed by atoms with E-state index >= 15 is 0 Å². The highest BCUT2D eigenvalue weighted by Crippen LogP contribution is 2.27. The van der Waals surface area contributed by atoms with Crippen molar-refractivity contribution in [3.8, 4) is 0 Å². The number of rotatable bonds is 1. The molecule has 2 heterocycles. The van der Waals surface area contributed by atoms with Crippen molar-refractivity contribution in [2.24, 2.45) is 9.98 Å². The minimum Gasteiger partial charge on any atom is -0.361 e. The van der Waals surface area contributed by atoms with Crippen LogP contribution in [0.25, 0.3) is 0 Å². The van der Waals surface area contributed by atoms with Crippen LogP contribution in [0.1, 0.15) is 6.42 Å². The quantitative estimate of drug-likeness (QED) is 0.682. The molecule has 3 rings (SSSR count). The van der Waals surface area contributed by atoms with Crippen molar-refractivity contribution < 1.29 is 4.39 Å². The number of hydrogen-bond donors (Lipinski definition) is 0. The van der Waals surface area contributed by atoms with Crippen LogP contribution in [0.3, 0.4) is 0 Å². The van der Waals surface area contributed by atoms with Crippen molar-refractivity contribution >= 4 is 40.3 Å². The van der Waals surface area contributed by atoms with Crippen molar-refractivity contribution in [3.05, 3.63) is 39.0 Å². The second kappa shape index (κ2) is 5.75. The lowest BCUT2D eigenvalue weighted by Gasteiger charge is -2.33. The van der Waals surface area contributed by atoms with Crippen LogP contribution >= 0.6 is 22.6 Å². The van der Waals surface area contributed by atoms with Gasteiger partial charge in [0.2, 0.25) is 0 Å². The van der Waals surface area contributed by atoms with Gasteiger partial charge in [-0.3, -0.25) is 0 Å². The number of benzene rings is 1. The zero-order chi connectivity index (χ0) is 15.0. The molecule has 0 aromatic heterocycles. The van der Waals surface area contributed by atoms with Gasteiger partial charge < -0.3 is 9.80 Å². The molecular formula is C15H16FIN4. The van der Waals surface area contributed by atoms with E-state index in [2.05, 4.69) is 37.5 Å². The van der Waals surface area contributed by atoms with Crippen LogP contribution in [0.4, 0.5) is 10.1 Å². The summed E-state index contributed by atoms with van der Waals surface area (Å²) in [7, 11) is 4.01. The molecule has 0 fully saturated rings. The molecule has 0 N–H and O–H groups in total. The molecule has 1 aromatic rings. The number of nitrogens with zero attached hydrogens (tertiary/aromatic N) is 4. The third kappa shape index (κ3) is 2.95. The van der Waals surface area contributed by atoms with Gasteiger partial charge >= 0.3 is 0 Å². The molecule has 0 spiro atoms. The Morgan fingerprint density at radius 1 is 1.33 bits per heavy atom. The predicted octanol–water partition coefficient (Wildman–Crippen LogP) is 3.02. The standard InChI is InChI=1S/C15H16FIN4/c1-20-8-11-13(5-6-21(2)15(11)18-9-20)19-14-4-3-10(17)7-12(14)16/h3-4,7,9H,5-6,8H2,1-2H3. The molecule has 2 aliphatic rings. The van der Waals surface area contributed by atoms with Crippen molar-refractivity contribution in [2.75, 3.05) is 27.2 Å². The van der Waals surface area contributed by atoms with E-state index in [1.165, 1.54) is 6.07 Å². The Morgan fingerprint density at radius 2 is 2.14 bits per heavy atom. The van der Waals surface area contributed by atoms with E-state index in [9.17, 15) is 4.39 Å². The Balaban J connectivity index is 2.03.